The van der Waals surface area contributed by atoms with Gasteiger partial charge in [-0.25, -0.2) is 9.97 Å². The molecule has 5 heteroatoms. The van der Waals surface area contributed by atoms with E-state index in [-0.39, 0.29) is 0 Å². The van der Waals surface area contributed by atoms with Crippen LogP contribution in [0.1, 0.15) is 23.8 Å². The summed E-state index contributed by atoms with van der Waals surface area (Å²) in [6.45, 7) is 6.14. The Bertz CT molecular complexity index is 733. The van der Waals surface area contributed by atoms with E-state index in [1.54, 1.807) is 11.3 Å². The van der Waals surface area contributed by atoms with Gasteiger partial charge in [0.05, 0.1) is 6.33 Å². The summed E-state index contributed by atoms with van der Waals surface area (Å²) in [4.78, 5) is 9.96. The van der Waals surface area contributed by atoms with Crippen LogP contribution >= 0.6 is 11.3 Å². The summed E-state index contributed by atoms with van der Waals surface area (Å²) < 4.78 is 2.12. The minimum absolute atomic E-state index is 0.438. The Labute approximate surface area is 141 Å². The monoisotopic (exact) mass is 326 g/mol. The fourth-order valence-electron chi connectivity index (χ4n) is 2.56. The molecule has 1 atom stereocenters. The van der Waals surface area contributed by atoms with Crippen LogP contribution in [0.4, 0.5) is 0 Å². The van der Waals surface area contributed by atoms with Crippen molar-refractivity contribution in [2.24, 2.45) is 0 Å². The number of imidazole rings is 1. The van der Waals surface area contributed by atoms with Crippen LogP contribution in [0.3, 0.4) is 0 Å². The summed E-state index contributed by atoms with van der Waals surface area (Å²) in [6, 6.07) is 8.84. The third kappa shape index (κ3) is 4.06. The number of thiazole rings is 1. The minimum Gasteiger partial charge on any atom is -0.336 e. The first-order valence-corrected chi connectivity index (χ1v) is 8.77. The van der Waals surface area contributed by atoms with E-state index in [4.69, 9.17) is 0 Å². The molecule has 0 radical (unpaired) electrons. The Morgan fingerprint density at radius 2 is 2.17 bits per heavy atom. The zero-order valence-electron chi connectivity index (χ0n) is 13.6. The smallest absolute Gasteiger partial charge is 0.123 e. The van der Waals surface area contributed by atoms with E-state index in [1.807, 2.05) is 24.9 Å². The Balaban J connectivity index is 1.61. The lowest BCUT2D eigenvalue weighted by atomic mass is 10.1. The molecule has 1 aromatic carbocycles. The molecule has 0 saturated heterocycles. The van der Waals surface area contributed by atoms with Gasteiger partial charge in [0.1, 0.15) is 5.01 Å². The standard InChI is InChI=1S/C18H22N4S/c1-3-15(12-22-9-8-19-13-22)20-10-16-11-21-18(23-16)17-7-5-4-6-14(17)2/h4-9,11,13,15,20H,3,10,12H2,1-2H3. The van der Waals surface area contributed by atoms with E-state index in [2.05, 4.69) is 58.0 Å². The van der Waals surface area contributed by atoms with E-state index in [0.717, 1.165) is 24.5 Å². The predicted octanol–water partition coefficient (Wildman–Crippen LogP) is 3.88. The second kappa shape index (κ2) is 7.53. The molecule has 0 aliphatic carbocycles. The average Bonchev–Trinajstić information content (AvgIpc) is 3.23. The highest BCUT2D eigenvalue weighted by Crippen LogP contribution is 2.27. The third-order valence-corrected chi connectivity index (χ3v) is 5.01. The van der Waals surface area contributed by atoms with Crippen LogP contribution in [0.25, 0.3) is 10.6 Å². The van der Waals surface area contributed by atoms with E-state index >= 15 is 0 Å². The van der Waals surface area contributed by atoms with Crippen LogP contribution in [0, 0.1) is 6.92 Å². The lowest BCUT2D eigenvalue weighted by molar-refractivity contribution is 0.436. The van der Waals surface area contributed by atoms with E-state index < -0.39 is 0 Å². The Morgan fingerprint density at radius 1 is 1.30 bits per heavy atom. The van der Waals surface area contributed by atoms with Crippen molar-refractivity contribution in [3.8, 4) is 10.6 Å². The van der Waals surface area contributed by atoms with E-state index in [1.165, 1.54) is 16.0 Å². The van der Waals surface area contributed by atoms with Gasteiger partial charge in [-0.2, -0.15) is 0 Å². The van der Waals surface area contributed by atoms with Crippen molar-refractivity contribution in [3.05, 3.63) is 59.6 Å². The molecular weight excluding hydrogens is 304 g/mol. The Hall–Kier alpha value is -1.98. The zero-order chi connectivity index (χ0) is 16.1. The molecule has 1 unspecified atom stereocenters. The molecule has 0 amide bonds. The van der Waals surface area contributed by atoms with Gasteiger partial charge in [-0.15, -0.1) is 11.3 Å². The molecule has 0 aliphatic rings. The van der Waals surface area contributed by atoms with Gasteiger partial charge in [0.25, 0.3) is 0 Å². The molecule has 120 valence electrons. The quantitative estimate of drug-likeness (QED) is 0.716. The maximum Gasteiger partial charge on any atom is 0.123 e. The molecule has 0 aliphatic heterocycles. The molecule has 2 aromatic heterocycles. The minimum atomic E-state index is 0.438. The first-order chi connectivity index (χ1) is 11.3. The molecule has 4 nitrogen and oxygen atoms in total. The van der Waals surface area contributed by atoms with Gasteiger partial charge in [0.2, 0.25) is 0 Å². The lowest BCUT2D eigenvalue weighted by Crippen LogP contribution is -2.31. The molecule has 3 aromatic rings. The topological polar surface area (TPSA) is 42.7 Å². The third-order valence-electron chi connectivity index (χ3n) is 3.98. The number of hydrogen-bond acceptors (Lipinski definition) is 4. The van der Waals surface area contributed by atoms with Crippen LogP contribution in [0.5, 0.6) is 0 Å². The largest absolute Gasteiger partial charge is 0.336 e. The normalized spacial score (nSPS) is 12.4. The fraction of sp³-hybridized carbons (Fsp3) is 0.333. The van der Waals surface area contributed by atoms with Crippen molar-refractivity contribution in [2.45, 2.75) is 39.4 Å². The van der Waals surface area contributed by atoms with Gasteiger partial charge in [-0.1, -0.05) is 31.2 Å². The summed E-state index contributed by atoms with van der Waals surface area (Å²) in [5.41, 5.74) is 2.50. The van der Waals surface area contributed by atoms with Crippen LogP contribution in [0.2, 0.25) is 0 Å². The van der Waals surface area contributed by atoms with Gasteiger partial charge in [-0.05, 0) is 18.9 Å². The van der Waals surface area contributed by atoms with Crippen molar-refractivity contribution in [1.82, 2.24) is 19.9 Å². The van der Waals surface area contributed by atoms with Crippen LogP contribution < -0.4 is 5.32 Å². The van der Waals surface area contributed by atoms with E-state index in [0.29, 0.717) is 6.04 Å². The molecule has 1 N–H and O–H groups in total. The molecule has 3 rings (SSSR count). The number of nitrogens with one attached hydrogen (secondary N) is 1. The fourth-order valence-corrected chi connectivity index (χ4v) is 3.51. The lowest BCUT2D eigenvalue weighted by Gasteiger charge is -2.16. The summed E-state index contributed by atoms with van der Waals surface area (Å²) in [7, 11) is 0. The maximum absolute atomic E-state index is 4.59. The number of nitrogens with zero attached hydrogens (tertiary/aromatic N) is 3. The van der Waals surface area contributed by atoms with Gasteiger partial charge in [0.15, 0.2) is 0 Å². The first kappa shape index (κ1) is 15.9. The number of benzene rings is 1. The van der Waals surface area contributed by atoms with Crippen molar-refractivity contribution < 1.29 is 0 Å². The Morgan fingerprint density at radius 3 is 2.91 bits per heavy atom. The number of aromatic nitrogens is 3. The first-order valence-electron chi connectivity index (χ1n) is 7.96. The van der Waals surface area contributed by atoms with Crippen molar-refractivity contribution in [1.29, 1.82) is 0 Å². The second-order valence-electron chi connectivity index (χ2n) is 5.69. The molecular formula is C18H22N4S. The van der Waals surface area contributed by atoms with Gasteiger partial charge >= 0.3 is 0 Å². The van der Waals surface area contributed by atoms with Gasteiger partial charge < -0.3 is 9.88 Å². The SMILES string of the molecule is CCC(Cn1ccnc1)NCc1cnc(-c2ccccc2C)s1. The Kier molecular flexibility index (Phi) is 5.20. The highest BCUT2D eigenvalue weighted by atomic mass is 32.1. The summed E-state index contributed by atoms with van der Waals surface area (Å²) in [5.74, 6) is 0. The van der Waals surface area contributed by atoms with Gasteiger partial charge in [-0.3, -0.25) is 0 Å². The molecule has 0 saturated carbocycles. The number of rotatable bonds is 7. The molecule has 2 heterocycles. The van der Waals surface area contributed by atoms with Crippen molar-refractivity contribution >= 4 is 11.3 Å². The molecule has 0 bridgehead atoms. The molecule has 23 heavy (non-hydrogen) atoms. The molecule has 0 spiro atoms. The van der Waals surface area contributed by atoms with Crippen LogP contribution in [-0.4, -0.2) is 20.6 Å². The average molecular weight is 326 g/mol. The van der Waals surface area contributed by atoms with Crippen LogP contribution in [-0.2, 0) is 13.1 Å². The van der Waals surface area contributed by atoms with Crippen LogP contribution in [0.15, 0.2) is 49.2 Å². The highest BCUT2D eigenvalue weighted by Gasteiger charge is 2.10. The number of hydrogen-bond donors (Lipinski definition) is 1. The summed E-state index contributed by atoms with van der Waals surface area (Å²) >= 11 is 1.77. The summed E-state index contributed by atoms with van der Waals surface area (Å²) in [5, 5.41) is 4.72. The highest BCUT2D eigenvalue weighted by molar-refractivity contribution is 7.15. The summed E-state index contributed by atoms with van der Waals surface area (Å²) in [6.07, 6.45) is 8.77. The maximum atomic E-state index is 4.59. The number of aryl methyl sites for hydroxylation is 1. The zero-order valence-corrected chi connectivity index (χ0v) is 14.4. The van der Waals surface area contributed by atoms with Crippen molar-refractivity contribution in [2.75, 3.05) is 0 Å². The van der Waals surface area contributed by atoms with Crippen molar-refractivity contribution in [3.63, 3.8) is 0 Å². The van der Waals surface area contributed by atoms with Gasteiger partial charge in [0, 0.05) is 48.2 Å². The second-order valence-corrected chi connectivity index (χ2v) is 6.81. The predicted molar refractivity (Wildman–Crippen MR) is 95.4 cm³/mol. The van der Waals surface area contributed by atoms with E-state index in [9.17, 15) is 0 Å². The molecule has 0 fully saturated rings.